The first kappa shape index (κ1) is 20.5. The molecule has 0 spiro atoms. The van der Waals surface area contributed by atoms with Gasteiger partial charge in [-0.25, -0.2) is 0 Å². The van der Waals surface area contributed by atoms with E-state index in [-0.39, 0.29) is 23.6 Å². The van der Waals surface area contributed by atoms with Crippen molar-refractivity contribution in [2.24, 2.45) is 0 Å². The molecule has 2 heterocycles. The molecule has 0 aliphatic carbocycles. The number of ether oxygens (including phenoxy) is 2. The summed E-state index contributed by atoms with van der Waals surface area (Å²) >= 11 is 0. The number of amides is 2. The van der Waals surface area contributed by atoms with Crippen molar-refractivity contribution in [1.82, 2.24) is 4.90 Å². The number of anilines is 1. The van der Waals surface area contributed by atoms with Crippen LogP contribution in [0, 0.1) is 0 Å². The van der Waals surface area contributed by atoms with E-state index < -0.39 is 0 Å². The highest BCUT2D eigenvalue weighted by molar-refractivity contribution is 6.02. The van der Waals surface area contributed by atoms with Gasteiger partial charge in [0, 0.05) is 29.4 Å². The summed E-state index contributed by atoms with van der Waals surface area (Å²) in [6, 6.07) is 15.7. The quantitative estimate of drug-likeness (QED) is 0.634. The number of furan rings is 1. The van der Waals surface area contributed by atoms with E-state index in [1.54, 1.807) is 50.6 Å². The molecule has 31 heavy (non-hydrogen) atoms. The van der Waals surface area contributed by atoms with Crippen molar-refractivity contribution in [3.05, 3.63) is 77.7 Å². The minimum atomic E-state index is -0.338. The van der Waals surface area contributed by atoms with Gasteiger partial charge in [-0.1, -0.05) is 0 Å². The number of hydrogen-bond acceptors (Lipinski definition) is 5. The molecule has 1 atom stereocenters. The summed E-state index contributed by atoms with van der Waals surface area (Å²) in [6.07, 6.45) is 3.23. The number of methoxy groups -OCH3 is 2. The number of carbonyl (C=O) groups excluding carboxylic acids is 2. The maximum Gasteiger partial charge on any atom is 0.291 e. The van der Waals surface area contributed by atoms with Crippen LogP contribution < -0.4 is 14.8 Å². The van der Waals surface area contributed by atoms with Gasteiger partial charge < -0.3 is 24.1 Å². The fourth-order valence-corrected chi connectivity index (χ4v) is 3.89. The van der Waals surface area contributed by atoms with Crippen LogP contribution in [0.5, 0.6) is 11.5 Å². The van der Waals surface area contributed by atoms with Crippen molar-refractivity contribution in [2.45, 2.75) is 18.9 Å². The van der Waals surface area contributed by atoms with E-state index in [2.05, 4.69) is 5.32 Å². The van der Waals surface area contributed by atoms with Crippen LogP contribution in [0.1, 0.15) is 45.4 Å². The summed E-state index contributed by atoms with van der Waals surface area (Å²) in [5, 5.41) is 2.75. The van der Waals surface area contributed by atoms with Gasteiger partial charge in [-0.3, -0.25) is 9.59 Å². The number of carbonyl (C=O) groups is 2. The van der Waals surface area contributed by atoms with Crippen LogP contribution in [-0.2, 0) is 0 Å². The Hall–Kier alpha value is -3.74. The number of benzene rings is 2. The van der Waals surface area contributed by atoms with Crippen molar-refractivity contribution in [3.63, 3.8) is 0 Å². The number of nitrogens with one attached hydrogen (secondary N) is 1. The van der Waals surface area contributed by atoms with Crippen LogP contribution in [0.4, 0.5) is 5.69 Å². The van der Waals surface area contributed by atoms with E-state index in [4.69, 9.17) is 13.9 Å². The zero-order valence-corrected chi connectivity index (χ0v) is 17.5. The molecular formula is C24H24N2O5. The van der Waals surface area contributed by atoms with Crippen LogP contribution in [0.15, 0.2) is 65.3 Å². The first-order chi connectivity index (χ1) is 15.1. The largest absolute Gasteiger partial charge is 0.497 e. The van der Waals surface area contributed by atoms with Gasteiger partial charge in [-0.2, -0.15) is 0 Å². The van der Waals surface area contributed by atoms with Crippen molar-refractivity contribution in [3.8, 4) is 11.5 Å². The fraction of sp³-hybridized carbons (Fsp3) is 0.250. The Kier molecular flexibility index (Phi) is 5.93. The van der Waals surface area contributed by atoms with E-state index in [1.807, 2.05) is 23.1 Å². The van der Waals surface area contributed by atoms with Gasteiger partial charge >= 0.3 is 0 Å². The Balaban J connectivity index is 1.50. The Morgan fingerprint density at radius 1 is 1.06 bits per heavy atom. The molecule has 1 unspecified atom stereocenters. The summed E-state index contributed by atoms with van der Waals surface area (Å²) in [5.74, 6) is 1.26. The molecule has 0 bridgehead atoms. The van der Waals surface area contributed by atoms with E-state index >= 15 is 0 Å². The summed E-state index contributed by atoms with van der Waals surface area (Å²) in [6.45, 7) is 0.676. The molecule has 3 aromatic rings. The predicted molar refractivity (Wildman–Crippen MR) is 116 cm³/mol. The zero-order chi connectivity index (χ0) is 21.8. The lowest BCUT2D eigenvalue weighted by molar-refractivity contribution is 0.0734. The summed E-state index contributed by atoms with van der Waals surface area (Å²) < 4.78 is 15.9. The highest BCUT2D eigenvalue weighted by Gasteiger charge is 2.32. The summed E-state index contributed by atoms with van der Waals surface area (Å²) in [4.78, 5) is 27.2. The lowest BCUT2D eigenvalue weighted by atomic mass is 10.0. The van der Waals surface area contributed by atoms with Gasteiger partial charge in [0.2, 0.25) is 0 Å². The minimum Gasteiger partial charge on any atom is -0.497 e. The molecule has 0 radical (unpaired) electrons. The molecule has 1 fully saturated rings. The van der Waals surface area contributed by atoms with Gasteiger partial charge in [-0.05, 0) is 61.4 Å². The van der Waals surface area contributed by atoms with Gasteiger partial charge in [-0.15, -0.1) is 0 Å². The van der Waals surface area contributed by atoms with Crippen LogP contribution in [0.25, 0.3) is 0 Å². The van der Waals surface area contributed by atoms with E-state index in [9.17, 15) is 9.59 Å². The number of nitrogens with zero attached hydrogens (tertiary/aromatic N) is 1. The van der Waals surface area contributed by atoms with E-state index in [0.717, 1.165) is 18.4 Å². The molecule has 2 aromatic carbocycles. The maximum atomic E-state index is 13.2. The first-order valence-electron chi connectivity index (χ1n) is 10.1. The molecule has 0 saturated carbocycles. The smallest absolute Gasteiger partial charge is 0.291 e. The fourth-order valence-electron chi connectivity index (χ4n) is 3.89. The second kappa shape index (κ2) is 8.95. The topological polar surface area (TPSA) is 81.0 Å². The molecule has 1 saturated heterocycles. The number of hydrogen-bond donors (Lipinski definition) is 1. The van der Waals surface area contributed by atoms with Crippen molar-refractivity contribution in [2.75, 3.05) is 26.1 Å². The maximum absolute atomic E-state index is 13.2. The average Bonchev–Trinajstić information content (AvgIpc) is 3.51. The Morgan fingerprint density at radius 3 is 2.55 bits per heavy atom. The molecule has 4 rings (SSSR count). The van der Waals surface area contributed by atoms with Crippen LogP contribution >= 0.6 is 0 Å². The molecule has 1 aliphatic heterocycles. The Labute approximate surface area is 180 Å². The summed E-state index contributed by atoms with van der Waals surface area (Å²) in [7, 11) is 3.23. The molecular weight excluding hydrogens is 396 g/mol. The van der Waals surface area contributed by atoms with Gasteiger partial charge in [0.05, 0.1) is 26.5 Å². The number of rotatable bonds is 6. The van der Waals surface area contributed by atoms with Gasteiger partial charge in [0.1, 0.15) is 11.5 Å². The third-order valence-electron chi connectivity index (χ3n) is 5.45. The molecule has 7 heteroatoms. The highest BCUT2D eigenvalue weighted by atomic mass is 16.5. The Morgan fingerprint density at radius 2 is 1.87 bits per heavy atom. The lowest BCUT2D eigenvalue weighted by Crippen LogP contribution is -2.30. The van der Waals surface area contributed by atoms with Crippen LogP contribution in [-0.4, -0.2) is 37.5 Å². The molecule has 2 amide bonds. The predicted octanol–water partition coefficient (Wildman–Crippen LogP) is 4.53. The monoisotopic (exact) mass is 420 g/mol. The van der Waals surface area contributed by atoms with Crippen LogP contribution in [0.2, 0.25) is 0 Å². The molecule has 1 aliphatic rings. The van der Waals surface area contributed by atoms with Crippen LogP contribution in [0.3, 0.4) is 0 Å². The van der Waals surface area contributed by atoms with E-state index in [0.29, 0.717) is 29.3 Å². The first-order valence-corrected chi connectivity index (χ1v) is 10.1. The molecule has 160 valence electrons. The zero-order valence-electron chi connectivity index (χ0n) is 17.5. The second-order valence-electron chi connectivity index (χ2n) is 7.27. The lowest BCUT2D eigenvalue weighted by Gasteiger charge is -2.26. The summed E-state index contributed by atoms with van der Waals surface area (Å²) in [5.41, 5.74) is 2.12. The SMILES string of the molecule is COc1ccc(C2CCCN2C(=O)c2ccc(NC(=O)c3ccco3)cc2)c(OC)c1. The highest BCUT2D eigenvalue weighted by Crippen LogP contribution is 2.39. The molecule has 1 N–H and O–H groups in total. The molecule has 1 aromatic heterocycles. The minimum absolute atomic E-state index is 0.0516. The second-order valence-corrected chi connectivity index (χ2v) is 7.27. The third-order valence-corrected chi connectivity index (χ3v) is 5.45. The van der Waals surface area contributed by atoms with Crippen molar-refractivity contribution in [1.29, 1.82) is 0 Å². The van der Waals surface area contributed by atoms with E-state index in [1.165, 1.54) is 6.26 Å². The van der Waals surface area contributed by atoms with Gasteiger partial charge in [0.25, 0.3) is 11.8 Å². The normalized spacial score (nSPS) is 15.5. The standard InChI is InChI=1S/C24H24N2O5/c1-29-18-11-12-19(22(15-18)30-2)20-5-3-13-26(20)24(28)16-7-9-17(10-8-16)25-23(27)21-6-4-14-31-21/h4,6-12,14-15,20H,3,5,13H2,1-2H3,(H,25,27). The average molecular weight is 420 g/mol. The Bertz CT molecular complexity index is 1060. The van der Waals surface area contributed by atoms with Crippen molar-refractivity contribution >= 4 is 17.5 Å². The van der Waals surface area contributed by atoms with Crippen molar-refractivity contribution < 1.29 is 23.5 Å². The van der Waals surface area contributed by atoms with Gasteiger partial charge in [0.15, 0.2) is 5.76 Å². The number of likely N-dealkylation sites (tertiary alicyclic amines) is 1. The third kappa shape index (κ3) is 4.26. The molecule has 7 nitrogen and oxygen atoms in total.